The normalized spacial score (nSPS) is 12.8. The van der Waals surface area contributed by atoms with Crippen molar-refractivity contribution in [2.75, 3.05) is 0 Å². The number of carbonyl (C=O) groups is 1. The first-order chi connectivity index (χ1) is 17.8. The SMILES string of the molecule is O=C(NNS(=O)(=O)c1ccc(Oc2ncc(C(F)(F)F)cc2Cl)cc1)c1cc(C(F)(F)F)cc(C(F)(F)F)n1. The molecule has 39 heavy (non-hydrogen) atoms. The van der Waals surface area contributed by atoms with Gasteiger partial charge in [0.25, 0.3) is 15.9 Å². The molecule has 0 radical (unpaired) electrons. The lowest BCUT2D eigenvalue weighted by Gasteiger charge is -2.14. The van der Waals surface area contributed by atoms with Gasteiger partial charge in [-0.15, -0.1) is 4.83 Å². The monoisotopic (exact) mass is 608 g/mol. The molecular weight excluding hydrogens is 599 g/mol. The van der Waals surface area contributed by atoms with E-state index >= 15 is 0 Å². The molecule has 19 heteroatoms. The fourth-order valence-electron chi connectivity index (χ4n) is 2.65. The first-order valence-electron chi connectivity index (χ1n) is 9.76. The van der Waals surface area contributed by atoms with Gasteiger partial charge in [0.2, 0.25) is 5.88 Å². The molecule has 0 unspecified atom stereocenters. The van der Waals surface area contributed by atoms with E-state index in [1.807, 2.05) is 0 Å². The van der Waals surface area contributed by atoms with Crippen LogP contribution >= 0.6 is 11.6 Å². The van der Waals surface area contributed by atoms with Gasteiger partial charge in [-0.2, -0.15) is 39.5 Å². The van der Waals surface area contributed by atoms with Gasteiger partial charge >= 0.3 is 18.5 Å². The van der Waals surface area contributed by atoms with Crippen molar-refractivity contribution in [1.29, 1.82) is 0 Å². The molecule has 0 bridgehead atoms. The molecule has 0 spiro atoms. The third kappa shape index (κ3) is 7.48. The Hall–Kier alpha value is -3.64. The Bertz CT molecular complexity index is 1460. The fourth-order valence-corrected chi connectivity index (χ4v) is 3.69. The number of alkyl halides is 9. The van der Waals surface area contributed by atoms with E-state index in [1.165, 1.54) is 10.3 Å². The van der Waals surface area contributed by atoms with Crippen molar-refractivity contribution in [3.63, 3.8) is 0 Å². The summed E-state index contributed by atoms with van der Waals surface area (Å²) >= 11 is 5.72. The number of halogens is 10. The molecule has 0 aliphatic heterocycles. The van der Waals surface area contributed by atoms with Crippen molar-refractivity contribution in [2.45, 2.75) is 23.4 Å². The summed E-state index contributed by atoms with van der Waals surface area (Å²) in [6.45, 7) is 0. The zero-order valence-corrected chi connectivity index (χ0v) is 19.9. The Morgan fingerprint density at radius 1 is 0.846 bits per heavy atom. The second-order valence-electron chi connectivity index (χ2n) is 7.26. The average molecular weight is 609 g/mol. The summed E-state index contributed by atoms with van der Waals surface area (Å²) in [6, 6.07) is 4.00. The predicted molar refractivity (Wildman–Crippen MR) is 113 cm³/mol. The third-order valence-electron chi connectivity index (χ3n) is 4.46. The number of carbonyl (C=O) groups excluding carboxylic acids is 1. The van der Waals surface area contributed by atoms with E-state index in [4.69, 9.17) is 16.3 Å². The van der Waals surface area contributed by atoms with E-state index in [-0.39, 0.29) is 17.9 Å². The third-order valence-corrected chi connectivity index (χ3v) is 5.99. The molecule has 210 valence electrons. The largest absolute Gasteiger partial charge is 0.438 e. The smallest absolute Gasteiger partial charge is 0.433 e. The van der Waals surface area contributed by atoms with Crippen LogP contribution in [-0.2, 0) is 28.6 Å². The first-order valence-corrected chi connectivity index (χ1v) is 11.6. The number of amides is 1. The van der Waals surface area contributed by atoms with Crippen LogP contribution in [0.4, 0.5) is 39.5 Å². The van der Waals surface area contributed by atoms with E-state index in [1.54, 1.807) is 0 Å². The van der Waals surface area contributed by atoms with Gasteiger partial charge in [-0.3, -0.25) is 10.2 Å². The molecule has 0 aliphatic carbocycles. The number of aromatic nitrogens is 2. The molecular formula is C20H10ClF9N4O4S. The van der Waals surface area contributed by atoms with Crippen LogP contribution in [0, 0.1) is 0 Å². The second kappa shape index (κ2) is 10.5. The Kier molecular flexibility index (Phi) is 8.05. The summed E-state index contributed by atoms with van der Waals surface area (Å²) in [4.78, 5) is 19.2. The van der Waals surface area contributed by atoms with Crippen LogP contribution in [0.15, 0.2) is 53.6 Å². The highest BCUT2D eigenvalue weighted by molar-refractivity contribution is 7.89. The van der Waals surface area contributed by atoms with Gasteiger partial charge in [-0.1, -0.05) is 11.6 Å². The standard InChI is InChI=1S/C20H10ClF9N4O4S/c21-13-5-10(19(25,26)27)8-31-17(13)38-11-1-3-12(4-2-11)39(36,37)34-33-16(35)14-6-9(18(22,23)24)7-15(32-14)20(28,29)30/h1-8,34H,(H,33,35). The van der Waals surface area contributed by atoms with Gasteiger partial charge in [0.05, 0.1) is 16.0 Å². The summed E-state index contributed by atoms with van der Waals surface area (Å²) in [5, 5.41) is -0.511. The maximum atomic E-state index is 12.9. The lowest BCUT2D eigenvalue weighted by molar-refractivity contribution is -0.145. The molecule has 3 aromatic rings. The van der Waals surface area contributed by atoms with Crippen LogP contribution in [0.5, 0.6) is 11.6 Å². The number of nitrogens with zero attached hydrogens (tertiary/aromatic N) is 2. The van der Waals surface area contributed by atoms with Crippen LogP contribution in [-0.4, -0.2) is 24.3 Å². The highest BCUT2D eigenvalue weighted by atomic mass is 35.5. The topological polar surface area (TPSA) is 110 Å². The fraction of sp³-hybridized carbons (Fsp3) is 0.150. The van der Waals surface area contributed by atoms with Crippen molar-refractivity contribution in [3.8, 4) is 11.6 Å². The number of benzene rings is 1. The van der Waals surface area contributed by atoms with E-state index < -0.39 is 72.8 Å². The van der Waals surface area contributed by atoms with Gasteiger partial charge in [-0.25, -0.2) is 18.4 Å². The van der Waals surface area contributed by atoms with Crippen LogP contribution in [0.2, 0.25) is 5.02 Å². The first kappa shape index (κ1) is 29.9. The maximum absolute atomic E-state index is 12.9. The van der Waals surface area contributed by atoms with E-state index in [0.29, 0.717) is 12.3 Å². The van der Waals surface area contributed by atoms with Crippen molar-refractivity contribution in [3.05, 3.63) is 76.2 Å². The summed E-state index contributed by atoms with van der Waals surface area (Å²) in [5.74, 6) is -2.32. The van der Waals surface area contributed by atoms with Gasteiger partial charge in [0, 0.05) is 6.20 Å². The van der Waals surface area contributed by atoms with Crippen molar-refractivity contribution in [1.82, 2.24) is 20.2 Å². The Morgan fingerprint density at radius 2 is 1.44 bits per heavy atom. The lowest BCUT2D eigenvalue weighted by Crippen LogP contribution is -2.42. The molecule has 1 amide bonds. The number of ether oxygens (including phenoxy) is 1. The Morgan fingerprint density at radius 3 is 1.95 bits per heavy atom. The van der Waals surface area contributed by atoms with E-state index in [9.17, 15) is 52.7 Å². The number of hydrazine groups is 1. The Labute approximate surface area is 216 Å². The van der Waals surface area contributed by atoms with Gasteiger partial charge in [0.15, 0.2) is 0 Å². The molecule has 1 aromatic carbocycles. The number of hydrogen-bond donors (Lipinski definition) is 2. The minimum Gasteiger partial charge on any atom is -0.438 e. The number of nitrogens with one attached hydrogen (secondary N) is 2. The number of pyridine rings is 2. The van der Waals surface area contributed by atoms with E-state index in [0.717, 1.165) is 24.3 Å². The quantitative estimate of drug-likeness (QED) is 0.278. The van der Waals surface area contributed by atoms with Crippen LogP contribution in [0.3, 0.4) is 0 Å². The highest BCUT2D eigenvalue weighted by Gasteiger charge is 2.39. The van der Waals surface area contributed by atoms with Gasteiger partial charge in [0.1, 0.15) is 22.2 Å². The van der Waals surface area contributed by atoms with Crippen molar-refractivity contribution in [2.24, 2.45) is 0 Å². The molecule has 2 N–H and O–H groups in total. The molecule has 0 saturated carbocycles. The molecule has 2 aromatic heterocycles. The zero-order chi connectivity index (χ0) is 29.4. The highest BCUT2D eigenvalue weighted by Crippen LogP contribution is 2.36. The molecule has 3 rings (SSSR count). The Balaban J connectivity index is 1.74. The molecule has 2 heterocycles. The average Bonchev–Trinajstić information content (AvgIpc) is 2.82. The number of sulfonamides is 1. The second-order valence-corrected chi connectivity index (χ2v) is 9.35. The van der Waals surface area contributed by atoms with Crippen molar-refractivity contribution < 1.29 is 57.5 Å². The minimum atomic E-state index is -5.35. The molecule has 0 aliphatic rings. The molecule has 8 nitrogen and oxygen atoms in total. The number of hydrogen-bond acceptors (Lipinski definition) is 6. The van der Waals surface area contributed by atoms with Gasteiger partial charge in [-0.05, 0) is 42.5 Å². The summed E-state index contributed by atoms with van der Waals surface area (Å²) < 4.78 is 146. The maximum Gasteiger partial charge on any atom is 0.433 e. The summed E-state index contributed by atoms with van der Waals surface area (Å²) in [5.41, 5.74) is -4.97. The van der Waals surface area contributed by atoms with E-state index in [2.05, 4.69) is 9.97 Å². The number of rotatable bonds is 6. The van der Waals surface area contributed by atoms with Crippen LogP contribution < -0.4 is 15.0 Å². The van der Waals surface area contributed by atoms with Crippen molar-refractivity contribution >= 4 is 27.5 Å². The van der Waals surface area contributed by atoms with Crippen LogP contribution in [0.1, 0.15) is 27.3 Å². The minimum absolute atomic E-state index is 0.00851. The summed E-state index contributed by atoms with van der Waals surface area (Å²) in [7, 11) is -4.64. The molecule has 0 atom stereocenters. The lowest BCUT2D eigenvalue weighted by atomic mass is 10.1. The molecule has 0 fully saturated rings. The predicted octanol–water partition coefficient (Wildman–Crippen LogP) is 5.60. The zero-order valence-electron chi connectivity index (χ0n) is 18.3. The molecule has 0 saturated heterocycles. The van der Waals surface area contributed by atoms with Crippen LogP contribution in [0.25, 0.3) is 0 Å². The van der Waals surface area contributed by atoms with Gasteiger partial charge < -0.3 is 4.74 Å². The summed E-state index contributed by atoms with van der Waals surface area (Å²) in [6.07, 6.45) is -14.9.